The van der Waals surface area contributed by atoms with Crippen LogP contribution < -0.4 is 5.73 Å². The van der Waals surface area contributed by atoms with Gasteiger partial charge in [0.1, 0.15) is 5.82 Å². The van der Waals surface area contributed by atoms with Gasteiger partial charge in [0.15, 0.2) is 0 Å². The molecule has 0 radical (unpaired) electrons. The second-order valence-electron chi connectivity index (χ2n) is 5.22. The van der Waals surface area contributed by atoms with Gasteiger partial charge in [-0.25, -0.2) is 4.98 Å². The van der Waals surface area contributed by atoms with Crippen LogP contribution in [0.5, 0.6) is 0 Å². The van der Waals surface area contributed by atoms with Crippen molar-refractivity contribution in [1.29, 1.82) is 0 Å². The molecule has 2 rings (SSSR count). The van der Waals surface area contributed by atoms with E-state index in [9.17, 15) is 0 Å². The average Bonchev–Trinajstić information content (AvgIpc) is 2.67. The summed E-state index contributed by atoms with van der Waals surface area (Å²) in [6.45, 7) is 8.95. The number of nitrogens with two attached hydrogens (primary N) is 1. The van der Waals surface area contributed by atoms with Crippen molar-refractivity contribution in [2.24, 2.45) is 5.92 Å². The molecule has 1 unspecified atom stereocenters. The Bertz CT molecular complexity index is 540. The van der Waals surface area contributed by atoms with Crippen LogP contribution in [-0.4, -0.2) is 9.55 Å². The zero-order valence-corrected chi connectivity index (χ0v) is 11.8. The Morgan fingerprint density at radius 2 is 2.00 bits per heavy atom. The number of anilines is 1. The highest BCUT2D eigenvalue weighted by atomic mass is 15.1. The van der Waals surface area contributed by atoms with E-state index in [1.807, 2.05) is 12.1 Å². The lowest BCUT2D eigenvalue weighted by atomic mass is 10.0. The molecule has 0 bridgehead atoms. The summed E-state index contributed by atoms with van der Waals surface area (Å²) >= 11 is 0. The van der Waals surface area contributed by atoms with Crippen LogP contribution >= 0.6 is 0 Å². The Morgan fingerprint density at radius 1 is 1.28 bits per heavy atom. The molecule has 0 fully saturated rings. The van der Waals surface area contributed by atoms with Gasteiger partial charge in [-0.15, -0.1) is 0 Å². The minimum absolute atomic E-state index is 0.508. The van der Waals surface area contributed by atoms with Crippen LogP contribution in [-0.2, 0) is 6.42 Å². The maximum absolute atomic E-state index is 5.84. The van der Waals surface area contributed by atoms with Gasteiger partial charge in [0, 0.05) is 18.2 Å². The summed E-state index contributed by atoms with van der Waals surface area (Å²) in [6.07, 6.45) is 2.08. The summed E-state index contributed by atoms with van der Waals surface area (Å²) in [5.74, 6) is 1.77. The van der Waals surface area contributed by atoms with Gasteiger partial charge in [-0.05, 0) is 30.5 Å². The normalized spacial score (nSPS) is 13.4. The predicted molar refractivity (Wildman–Crippen MR) is 77.7 cm³/mol. The summed E-state index contributed by atoms with van der Waals surface area (Å²) in [4.78, 5) is 4.73. The number of rotatable bonds is 4. The van der Waals surface area contributed by atoms with E-state index in [1.165, 1.54) is 5.52 Å². The zero-order valence-electron chi connectivity index (χ0n) is 11.8. The van der Waals surface area contributed by atoms with Gasteiger partial charge in [0.2, 0.25) is 0 Å². The van der Waals surface area contributed by atoms with E-state index in [-0.39, 0.29) is 0 Å². The van der Waals surface area contributed by atoms with Gasteiger partial charge in [0.25, 0.3) is 0 Å². The van der Waals surface area contributed by atoms with Crippen LogP contribution in [0.25, 0.3) is 11.0 Å². The third kappa shape index (κ3) is 2.09. The molecule has 18 heavy (non-hydrogen) atoms. The number of benzene rings is 1. The molecule has 2 aromatic rings. The summed E-state index contributed by atoms with van der Waals surface area (Å²) in [5, 5.41) is 0. The van der Waals surface area contributed by atoms with E-state index in [0.29, 0.717) is 12.0 Å². The molecule has 1 aromatic carbocycles. The van der Waals surface area contributed by atoms with Crippen LogP contribution in [0.3, 0.4) is 0 Å². The number of hydrogen-bond donors (Lipinski definition) is 1. The van der Waals surface area contributed by atoms with Crippen molar-refractivity contribution >= 4 is 16.7 Å². The van der Waals surface area contributed by atoms with Crippen molar-refractivity contribution < 1.29 is 0 Å². The minimum Gasteiger partial charge on any atom is -0.399 e. The Labute approximate surface area is 109 Å². The van der Waals surface area contributed by atoms with Gasteiger partial charge in [-0.2, -0.15) is 0 Å². The monoisotopic (exact) mass is 245 g/mol. The number of hydrogen-bond acceptors (Lipinski definition) is 2. The smallest absolute Gasteiger partial charge is 0.109 e. The molecule has 0 spiro atoms. The molecule has 1 aromatic heterocycles. The van der Waals surface area contributed by atoms with Gasteiger partial charge in [-0.3, -0.25) is 0 Å². The van der Waals surface area contributed by atoms with E-state index in [4.69, 9.17) is 10.7 Å². The first kappa shape index (κ1) is 12.9. The average molecular weight is 245 g/mol. The van der Waals surface area contributed by atoms with E-state index < -0.39 is 0 Å². The third-order valence-corrected chi connectivity index (χ3v) is 3.62. The molecule has 2 N–H and O–H groups in total. The highest BCUT2D eigenvalue weighted by Crippen LogP contribution is 2.29. The van der Waals surface area contributed by atoms with E-state index in [2.05, 4.69) is 38.3 Å². The molecule has 0 aliphatic rings. The molecule has 3 heteroatoms. The van der Waals surface area contributed by atoms with Crippen molar-refractivity contribution in [3.8, 4) is 0 Å². The molecule has 1 heterocycles. The van der Waals surface area contributed by atoms with Crippen molar-refractivity contribution in [2.45, 2.75) is 46.6 Å². The Balaban J connectivity index is 2.66. The lowest BCUT2D eigenvalue weighted by Gasteiger charge is -2.23. The zero-order chi connectivity index (χ0) is 13.3. The van der Waals surface area contributed by atoms with Gasteiger partial charge in [0.05, 0.1) is 11.0 Å². The van der Waals surface area contributed by atoms with Gasteiger partial charge < -0.3 is 10.3 Å². The molecule has 0 aliphatic carbocycles. The third-order valence-electron chi connectivity index (χ3n) is 3.62. The minimum atomic E-state index is 0.508. The maximum Gasteiger partial charge on any atom is 0.109 e. The summed E-state index contributed by atoms with van der Waals surface area (Å²) in [6, 6.07) is 6.54. The molecular weight excluding hydrogens is 222 g/mol. The summed E-state index contributed by atoms with van der Waals surface area (Å²) in [7, 11) is 0. The lowest BCUT2D eigenvalue weighted by Crippen LogP contribution is -2.16. The van der Waals surface area contributed by atoms with E-state index >= 15 is 0 Å². The maximum atomic E-state index is 5.84. The predicted octanol–water partition coefficient (Wildman–Crippen LogP) is 3.79. The number of fused-ring (bicyclic) bond motifs is 1. The van der Waals surface area contributed by atoms with Crippen LogP contribution in [0.4, 0.5) is 5.69 Å². The van der Waals surface area contributed by atoms with Crippen molar-refractivity contribution in [2.75, 3.05) is 5.73 Å². The molecule has 0 amide bonds. The number of imidazole rings is 1. The SMILES string of the molecule is CCc1nc2cc(N)ccc2n1C(CC)C(C)C. The standard InChI is InChI=1S/C15H23N3/c1-5-13(10(3)4)18-14-8-7-11(16)9-12(14)17-15(18)6-2/h7-10,13H,5-6,16H2,1-4H3. The molecule has 3 nitrogen and oxygen atoms in total. The topological polar surface area (TPSA) is 43.8 Å². The summed E-state index contributed by atoms with van der Waals surface area (Å²) < 4.78 is 2.40. The second kappa shape index (κ2) is 5.01. The lowest BCUT2D eigenvalue weighted by molar-refractivity contribution is 0.365. The molecule has 0 saturated carbocycles. The largest absolute Gasteiger partial charge is 0.399 e. The molecule has 0 aliphatic heterocycles. The molecular formula is C15H23N3. The Kier molecular flexibility index (Phi) is 3.60. The van der Waals surface area contributed by atoms with Crippen molar-refractivity contribution in [1.82, 2.24) is 9.55 Å². The van der Waals surface area contributed by atoms with Crippen LogP contribution in [0.1, 0.15) is 46.0 Å². The fourth-order valence-corrected chi connectivity index (χ4v) is 2.74. The fourth-order valence-electron chi connectivity index (χ4n) is 2.74. The molecule has 0 saturated heterocycles. The van der Waals surface area contributed by atoms with Crippen LogP contribution in [0.15, 0.2) is 18.2 Å². The van der Waals surface area contributed by atoms with E-state index in [1.54, 1.807) is 0 Å². The van der Waals surface area contributed by atoms with Gasteiger partial charge >= 0.3 is 0 Å². The van der Waals surface area contributed by atoms with Crippen LogP contribution in [0, 0.1) is 5.92 Å². The number of aromatic nitrogens is 2. The molecule has 1 atom stereocenters. The van der Waals surface area contributed by atoms with E-state index in [0.717, 1.165) is 29.9 Å². The second-order valence-corrected chi connectivity index (χ2v) is 5.22. The van der Waals surface area contributed by atoms with Crippen molar-refractivity contribution in [3.05, 3.63) is 24.0 Å². The number of nitrogen functional groups attached to an aromatic ring is 1. The number of aryl methyl sites for hydroxylation is 1. The summed E-state index contributed by atoms with van der Waals surface area (Å²) in [5.41, 5.74) is 8.86. The first-order valence-corrected chi connectivity index (χ1v) is 6.84. The highest BCUT2D eigenvalue weighted by Gasteiger charge is 2.19. The first-order valence-electron chi connectivity index (χ1n) is 6.84. The Hall–Kier alpha value is -1.51. The van der Waals surface area contributed by atoms with Crippen LogP contribution in [0.2, 0.25) is 0 Å². The fraction of sp³-hybridized carbons (Fsp3) is 0.533. The van der Waals surface area contributed by atoms with Crippen molar-refractivity contribution in [3.63, 3.8) is 0 Å². The molecule has 98 valence electrons. The first-order chi connectivity index (χ1) is 8.58. The van der Waals surface area contributed by atoms with Gasteiger partial charge in [-0.1, -0.05) is 27.7 Å². The quantitative estimate of drug-likeness (QED) is 0.833. The number of nitrogens with zero attached hydrogens (tertiary/aromatic N) is 2. The Morgan fingerprint density at radius 3 is 2.56 bits per heavy atom. The highest BCUT2D eigenvalue weighted by molar-refractivity contribution is 5.79.